The minimum atomic E-state index is -5.14. The van der Waals surface area contributed by atoms with Crippen LogP contribution in [0, 0.1) is 17.6 Å². The van der Waals surface area contributed by atoms with Crippen molar-refractivity contribution in [1.82, 2.24) is 4.98 Å². The van der Waals surface area contributed by atoms with Crippen LogP contribution in [-0.2, 0) is 17.1 Å². The Hall–Kier alpha value is -2.92. The zero-order chi connectivity index (χ0) is 23.4. The molecular formula is C20H15F8N3O. The second-order valence-electron chi connectivity index (χ2n) is 7.79. The van der Waals surface area contributed by atoms with E-state index < -0.39 is 64.7 Å². The van der Waals surface area contributed by atoms with Gasteiger partial charge >= 0.3 is 12.4 Å². The van der Waals surface area contributed by atoms with Crippen LogP contribution in [0.15, 0.2) is 30.3 Å². The SMILES string of the molecule is O=C(Nc1cc(F)ccc1F)[C@@H]1[C@H]2CC[C@H](C2)N1c1cc(C(F)(F)F)cc(C(F)(F)F)n1. The van der Waals surface area contributed by atoms with Crippen molar-refractivity contribution < 1.29 is 39.9 Å². The molecule has 1 aliphatic heterocycles. The van der Waals surface area contributed by atoms with Crippen molar-refractivity contribution in [3.05, 3.63) is 53.2 Å². The van der Waals surface area contributed by atoms with Gasteiger partial charge in [0.2, 0.25) is 5.91 Å². The van der Waals surface area contributed by atoms with Crippen molar-refractivity contribution in [2.45, 2.75) is 43.7 Å². The minimum Gasteiger partial charge on any atom is -0.341 e. The molecule has 0 radical (unpaired) electrons. The number of amides is 1. The molecule has 1 aliphatic carbocycles. The quantitative estimate of drug-likeness (QED) is 0.618. The van der Waals surface area contributed by atoms with Gasteiger partial charge in [0.05, 0.1) is 11.3 Å². The molecule has 1 aromatic carbocycles. The highest BCUT2D eigenvalue weighted by Crippen LogP contribution is 2.46. The van der Waals surface area contributed by atoms with Gasteiger partial charge in [-0.3, -0.25) is 4.79 Å². The summed E-state index contributed by atoms with van der Waals surface area (Å²) < 4.78 is 107. The third kappa shape index (κ3) is 4.09. The van der Waals surface area contributed by atoms with E-state index in [4.69, 9.17) is 0 Å². The lowest BCUT2D eigenvalue weighted by Crippen LogP contribution is -2.49. The third-order valence-electron chi connectivity index (χ3n) is 5.73. The highest BCUT2D eigenvalue weighted by molar-refractivity contribution is 5.98. The molecule has 0 spiro atoms. The van der Waals surface area contributed by atoms with E-state index in [-0.39, 0.29) is 12.0 Å². The van der Waals surface area contributed by atoms with Gasteiger partial charge in [-0.15, -0.1) is 0 Å². The first-order valence-electron chi connectivity index (χ1n) is 9.55. The topological polar surface area (TPSA) is 45.2 Å². The van der Waals surface area contributed by atoms with Crippen LogP contribution in [0.3, 0.4) is 0 Å². The number of carbonyl (C=O) groups is 1. The number of aromatic nitrogens is 1. The van der Waals surface area contributed by atoms with Gasteiger partial charge < -0.3 is 10.2 Å². The zero-order valence-corrected chi connectivity index (χ0v) is 16.1. The number of hydrogen-bond donors (Lipinski definition) is 1. The second-order valence-corrected chi connectivity index (χ2v) is 7.79. The number of nitrogens with one attached hydrogen (secondary N) is 1. The Bertz CT molecular complexity index is 1020. The molecule has 3 atom stereocenters. The molecule has 4 rings (SSSR count). The zero-order valence-electron chi connectivity index (χ0n) is 16.1. The van der Waals surface area contributed by atoms with Crippen LogP contribution in [0.5, 0.6) is 0 Å². The fraction of sp³-hybridized carbons (Fsp3) is 0.400. The van der Waals surface area contributed by atoms with E-state index in [0.29, 0.717) is 25.3 Å². The summed E-state index contributed by atoms with van der Waals surface area (Å²) in [4.78, 5) is 17.4. The molecule has 0 unspecified atom stereocenters. The highest BCUT2D eigenvalue weighted by Gasteiger charge is 2.51. The van der Waals surface area contributed by atoms with Crippen molar-refractivity contribution >= 4 is 17.4 Å². The Morgan fingerprint density at radius 3 is 2.38 bits per heavy atom. The van der Waals surface area contributed by atoms with Crippen LogP contribution in [0.1, 0.15) is 30.5 Å². The summed E-state index contributed by atoms with van der Waals surface area (Å²) in [5, 5.41) is 2.20. The number of pyridine rings is 1. The summed E-state index contributed by atoms with van der Waals surface area (Å²) in [6, 6.07) is 1.04. The fourth-order valence-corrected chi connectivity index (χ4v) is 4.41. The van der Waals surface area contributed by atoms with Crippen LogP contribution in [-0.4, -0.2) is 23.0 Å². The van der Waals surface area contributed by atoms with Crippen LogP contribution in [0.4, 0.5) is 46.6 Å². The average molecular weight is 465 g/mol. The van der Waals surface area contributed by atoms with Gasteiger partial charge in [-0.05, 0) is 49.4 Å². The first-order chi connectivity index (χ1) is 14.8. The number of carbonyl (C=O) groups excluding carboxylic acids is 1. The van der Waals surface area contributed by atoms with Gasteiger partial charge in [0, 0.05) is 12.1 Å². The summed E-state index contributed by atoms with van der Waals surface area (Å²) in [5.41, 5.74) is -3.76. The highest BCUT2D eigenvalue weighted by atomic mass is 19.4. The van der Waals surface area contributed by atoms with Gasteiger partial charge in [-0.1, -0.05) is 0 Å². The summed E-state index contributed by atoms with van der Waals surface area (Å²) >= 11 is 0. The van der Waals surface area contributed by atoms with Crippen molar-refractivity contribution in [2.24, 2.45) is 5.92 Å². The standard InChI is InChI=1S/C20H15F8N3O/c21-11-2-4-13(22)14(8-11)29-18(32)17-9-1-3-12(5-9)31(17)16-7-10(19(23,24)25)6-15(30-16)20(26,27)28/h2,4,6-9,12,17H,1,3,5H2,(H,29,32)/t9-,12+,17-/m0/s1. The third-order valence-corrected chi connectivity index (χ3v) is 5.73. The second kappa shape index (κ2) is 7.59. The maximum Gasteiger partial charge on any atom is 0.433 e. The average Bonchev–Trinajstić information content (AvgIpc) is 3.30. The number of piperidine rings is 1. The van der Waals surface area contributed by atoms with E-state index >= 15 is 0 Å². The molecule has 32 heavy (non-hydrogen) atoms. The Morgan fingerprint density at radius 1 is 1.00 bits per heavy atom. The van der Waals surface area contributed by atoms with Gasteiger partial charge in [-0.2, -0.15) is 26.3 Å². The lowest BCUT2D eigenvalue weighted by Gasteiger charge is -2.36. The first kappa shape index (κ1) is 22.3. The first-order valence-corrected chi connectivity index (χ1v) is 9.55. The number of anilines is 2. The lowest BCUT2D eigenvalue weighted by molar-refractivity contribution is -0.145. The summed E-state index contributed by atoms with van der Waals surface area (Å²) in [5.74, 6) is -3.66. The van der Waals surface area contributed by atoms with E-state index in [1.807, 2.05) is 0 Å². The number of halogens is 8. The maximum absolute atomic E-state index is 13.9. The molecule has 1 amide bonds. The summed E-state index contributed by atoms with van der Waals surface area (Å²) in [6.07, 6.45) is -8.91. The van der Waals surface area contributed by atoms with E-state index in [1.165, 1.54) is 0 Å². The van der Waals surface area contributed by atoms with E-state index in [2.05, 4.69) is 10.3 Å². The largest absolute Gasteiger partial charge is 0.433 e. The minimum absolute atomic E-state index is 0.0883. The molecule has 1 aromatic heterocycles. The maximum atomic E-state index is 13.9. The molecule has 12 heteroatoms. The molecule has 1 N–H and O–H groups in total. The van der Waals surface area contributed by atoms with Crippen molar-refractivity contribution in [3.8, 4) is 0 Å². The molecule has 172 valence electrons. The number of fused-ring (bicyclic) bond motifs is 2. The number of alkyl halides is 6. The van der Waals surface area contributed by atoms with Crippen LogP contribution in [0.2, 0.25) is 0 Å². The van der Waals surface area contributed by atoms with Gasteiger partial charge in [0.15, 0.2) is 0 Å². The normalized spacial score (nSPS) is 23.0. The van der Waals surface area contributed by atoms with Crippen molar-refractivity contribution in [1.29, 1.82) is 0 Å². The van der Waals surface area contributed by atoms with Gasteiger partial charge in [-0.25, -0.2) is 13.8 Å². The van der Waals surface area contributed by atoms with Gasteiger partial charge in [0.1, 0.15) is 29.2 Å². The van der Waals surface area contributed by atoms with Crippen LogP contribution < -0.4 is 10.2 Å². The van der Waals surface area contributed by atoms with E-state index in [9.17, 15) is 39.9 Å². The monoisotopic (exact) mass is 465 g/mol. The summed E-state index contributed by atoms with van der Waals surface area (Å²) in [7, 11) is 0. The van der Waals surface area contributed by atoms with Crippen LogP contribution >= 0.6 is 0 Å². The Kier molecular flexibility index (Phi) is 5.29. The number of nitrogens with zero attached hydrogens (tertiary/aromatic N) is 2. The molecule has 1 saturated carbocycles. The van der Waals surface area contributed by atoms with Crippen molar-refractivity contribution in [2.75, 3.05) is 10.2 Å². The Balaban J connectivity index is 1.73. The molecular weight excluding hydrogens is 450 g/mol. The fourth-order valence-electron chi connectivity index (χ4n) is 4.41. The molecule has 1 saturated heterocycles. The van der Waals surface area contributed by atoms with Gasteiger partial charge in [0.25, 0.3) is 0 Å². The van der Waals surface area contributed by atoms with E-state index in [0.717, 1.165) is 23.1 Å². The Morgan fingerprint density at radius 2 is 1.72 bits per heavy atom. The number of benzene rings is 1. The predicted molar refractivity (Wildman–Crippen MR) is 96.6 cm³/mol. The van der Waals surface area contributed by atoms with Crippen LogP contribution in [0.25, 0.3) is 0 Å². The molecule has 2 heterocycles. The predicted octanol–water partition coefficient (Wildman–Crippen LogP) is 5.39. The Labute approximate surface area is 176 Å². The molecule has 2 aromatic rings. The molecule has 2 fully saturated rings. The smallest absolute Gasteiger partial charge is 0.341 e. The lowest BCUT2D eigenvalue weighted by atomic mass is 9.97. The summed E-state index contributed by atoms with van der Waals surface area (Å²) in [6.45, 7) is 0. The molecule has 4 nitrogen and oxygen atoms in total. The van der Waals surface area contributed by atoms with E-state index in [1.54, 1.807) is 0 Å². The number of hydrogen-bond acceptors (Lipinski definition) is 3. The van der Waals surface area contributed by atoms with Crippen molar-refractivity contribution in [3.63, 3.8) is 0 Å². The molecule has 2 bridgehead atoms. The number of rotatable bonds is 3. The molecule has 2 aliphatic rings.